The van der Waals surface area contributed by atoms with Crippen molar-refractivity contribution in [2.45, 2.75) is 6.61 Å². The van der Waals surface area contributed by atoms with Crippen LogP contribution in [0.4, 0.5) is 0 Å². The number of ether oxygens (including phenoxy) is 3. The van der Waals surface area contributed by atoms with Crippen LogP contribution < -0.4 is 14.2 Å². The third-order valence-electron chi connectivity index (χ3n) is 4.09. The van der Waals surface area contributed by atoms with Crippen LogP contribution in [-0.4, -0.2) is 17.6 Å². The number of fused-ring (bicyclic) bond motifs is 1. The predicted octanol–water partition coefficient (Wildman–Crippen LogP) is 4.29. The minimum absolute atomic E-state index is 0.118. The molecule has 0 saturated heterocycles. The smallest absolute Gasteiger partial charge is 0.231 e. The van der Waals surface area contributed by atoms with Crippen molar-refractivity contribution in [3.05, 3.63) is 89.8 Å². The van der Waals surface area contributed by atoms with Gasteiger partial charge in [-0.05, 0) is 48.6 Å². The first-order valence-corrected chi connectivity index (χ1v) is 8.53. The molecule has 2 aromatic carbocycles. The second-order valence-corrected chi connectivity index (χ2v) is 5.91. The Balaban J connectivity index is 1.48. The summed E-state index contributed by atoms with van der Waals surface area (Å²) in [5, 5.41) is 0. The lowest BCUT2D eigenvalue weighted by Gasteiger charge is -2.08. The van der Waals surface area contributed by atoms with Gasteiger partial charge in [-0.3, -0.25) is 9.78 Å². The summed E-state index contributed by atoms with van der Waals surface area (Å²) in [6.07, 6.45) is 5.01. The van der Waals surface area contributed by atoms with Gasteiger partial charge in [0.1, 0.15) is 12.4 Å². The maximum atomic E-state index is 12.5. The van der Waals surface area contributed by atoms with Gasteiger partial charge in [0.2, 0.25) is 6.79 Å². The van der Waals surface area contributed by atoms with E-state index >= 15 is 0 Å². The molecule has 1 aliphatic heterocycles. The highest BCUT2D eigenvalue weighted by Crippen LogP contribution is 2.32. The first-order chi connectivity index (χ1) is 13.3. The van der Waals surface area contributed by atoms with Gasteiger partial charge in [-0.15, -0.1) is 0 Å². The summed E-state index contributed by atoms with van der Waals surface area (Å²) in [7, 11) is 0. The Morgan fingerprint density at radius 3 is 2.78 bits per heavy atom. The second-order valence-electron chi connectivity index (χ2n) is 5.91. The zero-order valence-corrected chi connectivity index (χ0v) is 14.5. The van der Waals surface area contributed by atoms with Gasteiger partial charge >= 0.3 is 0 Å². The largest absolute Gasteiger partial charge is 0.487 e. The number of pyridine rings is 1. The quantitative estimate of drug-likeness (QED) is 0.485. The third-order valence-corrected chi connectivity index (χ3v) is 4.09. The van der Waals surface area contributed by atoms with E-state index in [0.717, 1.165) is 11.3 Å². The van der Waals surface area contributed by atoms with Crippen LogP contribution in [-0.2, 0) is 6.61 Å². The van der Waals surface area contributed by atoms with E-state index in [9.17, 15) is 4.79 Å². The minimum atomic E-state index is -0.118. The molecule has 0 bridgehead atoms. The standard InChI is InChI=1S/C22H17NO4/c24-19(17-9-11-21-22(13-17)27-15-26-21)10-8-16-5-1-2-7-20(16)25-14-18-6-3-4-12-23-18/h1-13H,14-15H2/b10-8+. The van der Waals surface area contributed by atoms with Crippen molar-refractivity contribution in [1.82, 2.24) is 4.98 Å². The number of ketones is 1. The molecule has 0 N–H and O–H groups in total. The molecule has 0 spiro atoms. The van der Waals surface area contributed by atoms with Crippen LogP contribution in [0.5, 0.6) is 17.2 Å². The molecule has 0 saturated carbocycles. The maximum absolute atomic E-state index is 12.5. The van der Waals surface area contributed by atoms with E-state index in [4.69, 9.17) is 14.2 Å². The highest BCUT2D eigenvalue weighted by Gasteiger charge is 2.15. The second kappa shape index (κ2) is 7.74. The summed E-state index contributed by atoms with van der Waals surface area (Å²) in [4.78, 5) is 16.7. The Hall–Kier alpha value is -3.60. The molecule has 0 radical (unpaired) electrons. The van der Waals surface area contributed by atoms with Gasteiger partial charge in [-0.2, -0.15) is 0 Å². The number of rotatable bonds is 6. The normalized spacial score (nSPS) is 12.3. The van der Waals surface area contributed by atoms with Crippen molar-refractivity contribution in [2.24, 2.45) is 0 Å². The molecule has 0 unspecified atom stereocenters. The molecule has 0 fully saturated rings. The Morgan fingerprint density at radius 2 is 1.89 bits per heavy atom. The summed E-state index contributed by atoms with van der Waals surface area (Å²) in [5.74, 6) is 1.82. The molecule has 0 atom stereocenters. The van der Waals surface area contributed by atoms with Gasteiger partial charge in [-0.25, -0.2) is 0 Å². The van der Waals surface area contributed by atoms with Gasteiger partial charge in [0, 0.05) is 17.3 Å². The molecule has 5 heteroatoms. The molecule has 5 nitrogen and oxygen atoms in total. The van der Waals surface area contributed by atoms with Crippen LogP contribution >= 0.6 is 0 Å². The van der Waals surface area contributed by atoms with Crippen molar-refractivity contribution in [3.8, 4) is 17.2 Å². The first kappa shape index (κ1) is 16.8. The van der Waals surface area contributed by atoms with Crippen LogP contribution in [0.15, 0.2) is 72.9 Å². The molecular formula is C22H17NO4. The summed E-state index contributed by atoms with van der Waals surface area (Å²) < 4.78 is 16.4. The topological polar surface area (TPSA) is 57.7 Å². The first-order valence-electron chi connectivity index (χ1n) is 8.53. The van der Waals surface area contributed by atoms with Crippen molar-refractivity contribution >= 4 is 11.9 Å². The lowest BCUT2D eigenvalue weighted by Crippen LogP contribution is -1.99. The maximum Gasteiger partial charge on any atom is 0.231 e. The molecule has 1 aliphatic rings. The number of hydrogen-bond donors (Lipinski definition) is 0. The van der Waals surface area contributed by atoms with Crippen LogP contribution in [0.3, 0.4) is 0 Å². The Morgan fingerprint density at radius 1 is 1.04 bits per heavy atom. The van der Waals surface area contributed by atoms with Crippen LogP contribution in [0, 0.1) is 0 Å². The van der Waals surface area contributed by atoms with Crippen molar-refractivity contribution in [3.63, 3.8) is 0 Å². The van der Waals surface area contributed by atoms with E-state index in [1.165, 1.54) is 6.08 Å². The van der Waals surface area contributed by atoms with Gasteiger partial charge in [0.25, 0.3) is 0 Å². The Bertz CT molecular complexity index is 983. The number of hydrogen-bond acceptors (Lipinski definition) is 5. The van der Waals surface area contributed by atoms with Crippen molar-refractivity contribution in [1.29, 1.82) is 0 Å². The highest BCUT2D eigenvalue weighted by atomic mass is 16.7. The molecule has 4 rings (SSSR count). The van der Waals surface area contributed by atoms with Crippen LogP contribution in [0.1, 0.15) is 21.6 Å². The molecule has 0 aliphatic carbocycles. The summed E-state index contributed by atoms with van der Waals surface area (Å²) >= 11 is 0. The summed E-state index contributed by atoms with van der Waals surface area (Å²) in [5.41, 5.74) is 2.21. The fourth-order valence-corrected chi connectivity index (χ4v) is 2.70. The fraction of sp³-hybridized carbons (Fsp3) is 0.0909. The fourth-order valence-electron chi connectivity index (χ4n) is 2.70. The summed E-state index contributed by atoms with van der Waals surface area (Å²) in [6.45, 7) is 0.547. The molecule has 27 heavy (non-hydrogen) atoms. The molecule has 134 valence electrons. The van der Waals surface area contributed by atoms with E-state index in [1.54, 1.807) is 30.5 Å². The van der Waals surface area contributed by atoms with Crippen LogP contribution in [0.2, 0.25) is 0 Å². The zero-order valence-electron chi connectivity index (χ0n) is 14.5. The monoisotopic (exact) mass is 359 g/mol. The number of allylic oxidation sites excluding steroid dienone is 1. The highest BCUT2D eigenvalue weighted by molar-refractivity contribution is 6.07. The predicted molar refractivity (Wildman–Crippen MR) is 101 cm³/mol. The minimum Gasteiger partial charge on any atom is -0.487 e. The third kappa shape index (κ3) is 3.98. The lowest BCUT2D eigenvalue weighted by molar-refractivity contribution is 0.104. The molecule has 2 heterocycles. The van der Waals surface area contributed by atoms with E-state index in [0.29, 0.717) is 29.4 Å². The number of carbonyl (C=O) groups excluding carboxylic acids is 1. The Kier molecular flexibility index (Phi) is 4.83. The van der Waals surface area contributed by atoms with E-state index < -0.39 is 0 Å². The molecule has 3 aromatic rings. The number of benzene rings is 2. The SMILES string of the molecule is O=C(/C=C/c1ccccc1OCc1ccccn1)c1ccc2c(c1)OCO2. The molecule has 1 aromatic heterocycles. The van der Waals surface area contributed by atoms with Gasteiger partial charge in [-0.1, -0.05) is 24.3 Å². The molecular weight excluding hydrogens is 342 g/mol. The van der Waals surface area contributed by atoms with Crippen LogP contribution in [0.25, 0.3) is 6.08 Å². The number of para-hydroxylation sites is 1. The van der Waals surface area contributed by atoms with Gasteiger partial charge < -0.3 is 14.2 Å². The number of carbonyl (C=O) groups is 1. The average Bonchev–Trinajstić information content (AvgIpc) is 3.19. The zero-order chi connectivity index (χ0) is 18.5. The van der Waals surface area contributed by atoms with Gasteiger partial charge in [0.05, 0.1) is 5.69 Å². The Labute approximate surface area is 156 Å². The van der Waals surface area contributed by atoms with Crippen molar-refractivity contribution < 1.29 is 19.0 Å². The summed E-state index contributed by atoms with van der Waals surface area (Å²) in [6, 6.07) is 18.4. The van der Waals surface area contributed by atoms with Gasteiger partial charge in [0.15, 0.2) is 17.3 Å². The number of aromatic nitrogens is 1. The van der Waals surface area contributed by atoms with E-state index in [2.05, 4.69) is 4.98 Å². The van der Waals surface area contributed by atoms with Crippen molar-refractivity contribution in [2.75, 3.05) is 6.79 Å². The van der Waals surface area contributed by atoms with E-state index in [-0.39, 0.29) is 12.6 Å². The lowest BCUT2D eigenvalue weighted by atomic mass is 10.1. The molecule has 0 amide bonds. The van der Waals surface area contributed by atoms with E-state index in [1.807, 2.05) is 42.5 Å². The average molecular weight is 359 g/mol. The number of nitrogens with zero attached hydrogens (tertiary/aromatic N) is 1.